The fourth-order valence-electron chi connectivity index (χ4n) is 3.17. The predicted octanol–water partition coefficient (Wildman–Crippen LogP) is 3.37. The number of aromatic nitrogens is 3. The van der Waals surface area contributed by atoms with Crippen LogP contribution in [0.1, 0.15) is 18.5 Å². The quantitative estimate of drug-likeness (QED) is 0.745. The molecule has 0 fully saturated rings. The third kappa shape index (κ3) is 2.64. The Morgan fingerprint density at radius 1 is 1.15 bits per heavy atom. The van der Waals surface area contributed by atoms with Gasteiger partial charge in [0.25, 0.3) is 0 Å². The van der Waals surface area contributed by atoms with Crippen LogP contribution in [0.25, 0.3) is 11.4 Å². The maximum atomic E-state index is 12.1. The Morgan fingerprint density at radius 2 is 1.85 bits per heavy atom. The number of benzene rings is 2. The van der Waals surface area contributed by atoms with Crippen LogP contribution in [0.5, 0.6) is 0 Å². The van der Waals surface area contributed by atoms with E-state index >= 15 is 0 Å². The average Bonchev–Trinajstić information content (AvgIpc) is 3.04. The molecule has 1 aliphatic heterocycles. The third-order valence-electron chi connectivity index (χ3n) is 4.35. The van der Waals surface area contributed by atoms with E-state index in [1.54, 1.807) is 10.7 Å². The molecule has 6 nitrogen and oxygen atoms in total. The molecule has 1 amide bonds. The number of primary amides is 1. The summed E-state index contributed by atoms with van der Waals surface area (Å²) in [6.07, 6.45) is 0. The predicted molar refractivity (Wildman–Crippen MR) is 101 cm³/mol. The van der Waals surface area contributed by atoms with Crippen molar-refractivity contribution in [2.24, 2.45) is 5.73 Å². The fourth-order valence-corrected chi connectivity index (χ4v) is 3.39. The first-order chi connectivity index (χ1) is 12.6. The lowest BCUT2D eigenvalue weighted by Gasteiger charge is -2.27. The zero-order valence-corrected chi connectivity index (χ0v) is 14.7. The molecule has 0 spiro atoms. The molecule has 4 rings (SSSR count). The highest BCUT2D eigenvalue weighted by Gasteiger charge is 2.33. The van der Waals surface area contributed by atoms with Crippen molar-refractivity contribution in [1.29, 1.82) is 0 Å². The summed E-state index contributed by atoms with van der Waals surface area (Å²) in [5.41, 5.74) is 8.41. The van der Waals surface area contributed by atoms with Crippen LogP contribution in [0.3, 0.4) is 0 Å². The Balaban J connectivity index is 1.90. The van der Waals surface area contributed by atoms with Crippen molar-refractivity contribution in [2.45, 2.75) is 13.0 Å². The van der Waals surface area contributed by atoms with Crippen molar-refractivity contribution >= 4 is 23.5 Å². The van der Waals surface area contributed by atoms with Gasteiger partial charge in [0.2, 0.25) is 11.9 Å². The monoisotopic (exact) mass is 365 g/mol. The van der Waals surface area contributed by atoms with E-state index < -0.39 is 11.9 Å². The lowest BCUT2D eigenvalue weighted by Crippen LogP contribution is -2.31. The number of amides is 1. The van der Waals surface area contributed by atoms with E-state index in [1.807, 2.05) is 55.5 Å². The molecule has 0 bridgehead atoms. The van der Waals surface area contributed by atoms with Gasteiger partial charge in [-0.25, -0.2) is 4.68 Å². The minimum Gasteiger partial charge on any atom is -0.366 e. The van der Waals surface area contributed by atoms with Crippen LogP contribution < -0.4 is 11.1 Å². The normalized spacial score (nSPS) is 16.2. The van der Waals surface area contributed by atoms with Crippen LogP contribution >= 0.6 is 11.6 Å². The first kappa shape index (κ1) is 16.4. The van der Waals surface area contributed by atoms with Crippen molar-refractivity contribution in [1.82, 2.24) is 14.8 Å². The van der Waals surface area contributed by atoms with Crippen LogP contribution in [-0.2, 0) is 4.79 Å². The number of allylic oxidation sites excluding steroid dienone is 1. The van der Waals surface area contributed by atoms with Gasteiger partial charge >= 0.3 is 0 Å². The molecule has 2 aromatic carbocycles. The molecular formula is C19H16ClN5O. The number of hydrogen-bond donors (Lipinski definition) is 2. The minimum atomic E-state index is -0.496. The van der Waals surface area contributed by atoms with Crippen LogP contribution in [-0.4, -0.2) is 20.7 Å². The Bertz CT molecular complexity index is 1030. The van der Waals surface area contributed by atoms with Gasteiger partial charge in [-0.1, -0.05) is 54.1 Å². The lowest BCUT2D eigenvalue weighted by molar-refractivity contribution is -0.115. The zero-order valence-electron chi connectivity index (χ0n) is 14.0. The van der Waals surface area contributed by atoms with E-state index in [2.05, 4.69) is 15.4 Å². The largest absolute Gasteiger partial charge is 0.366 e. The lowest BCUT2D eigenvalue weighted by atomic mass is 9.95. The maximum absolute atomic E-state index is 12.1. The summed E-state index contributed by atoms with van der Waals surface area (Å²) in [6, 6.07) is 16.5. The summed E-state index contributed by atoms with van der Waals surface area (Å²) in [5, 5.41) is 8.31. The molecule has 1 aromatic heterocycles. The van der Waals surface area contributed by atoms with Crippen molar-refractivity contribution in [3.05, 3.63) is 76.5 Å². The van der Waals surface area contributed by atoms with E-state index in [-0.39, 0.29) is 0 Å². The molecule has 3 N–H and O–H groups in total. The standard InChI is InChI=1S/C19H16ClN5O/c1-11-15(17(21)26)16(12-7-3-2-4-8-12)25-19(22-11)23-18(24-25)13-9-5-6-10-14(13)20/h2-10,16H,1H3,(H2,21,26)(H,22,23,24)/t16-/m1/s1. The molecule has 0 aliphatic carbocycles. The molecule has 7 heteroatoms. The van der Waals surface area contributed by atoms with Gasteiger partial charge in [-0.15, -0.1) is 5.10 Å². The smallest absolute Gasteiger partial charge is 0.248 e. The van der Waals surface area contributed by atoms with Gasteiger partial charge in [0.05, 0.1) is 10.6 Å². The fraction of sp³-hybridized carbons (Fsp3) is 0.105. The highest BCUT2D eigenvalue weighted by Crippen LogP contribution is 2.36. The molecule has 0 unspecified atom stereocenters. The van der Waals surface area contributed by atoms with Crippen LogP contribution in [0.15, 0.2) is 65.9 Å². The highest BCUT2D eigenvalue weighted by atomic mass is 35.5. The topological polar surface area (TPSA) is 85.8 Å². The molecule has 2 heterocycles. The van der Waals surface area contributed by atoms with E-state index in [9.17, 15) is 4.79 Å². The second-order valence-corrected chi connectivity index (χ2v) is 6.43. The third-order valence-corrected chi connectivity index (χ3v) is 4.68. The molecule has 0 saturated heterocycles. The molecule has 0 saturated carbocycles. The van der Waals surface area contributed by atoms with E-state index in [0.717, 1.165) is 11.1 Å². The Hall–Kier alpha value is -3.12. The Morgan fingerprint density at radius 3 is 2.54 bits per heavy atom. The summed E-state index contributed by atoms with van der Waals surface area (Å²) in [7, 11) is 0. The molecule has 1 aliphatic rings. The van der Waals surface area contributed by atoms with Crippen LogP contribution in [0.4, 0.5) is 5.95 Å². The van der Waals surface area contributed by atoms with Gasteiger partial charge < -0.3 is 11.1 Å². The molecule has 3 aromatic rings. The van der Waals surface area contributed by atoms with Gasteiger partial charge in [-0.3, -0.25) is 4.79 Å². The van der Waals surface area contributed by atoms with Crippen LogP contribution in [0.2, 0.25) is 5.02 Å². The van der Waals surface area contributed by atoms with Crippen molar-refractivity contribution in [3.63, 3.8) is 0 Å². The number of hydrogen-bond acceptors (Lipinski definition) is 4. The molecule has 1 atom stereocenters. The van der Waals surface area contributed by atoms with Gasteiger partial charge in [-0.05, 0) is 24.6 Å². The SMILES string of the molecule is CC1=C(C(N)=O)[C@@H](c2ccccc2)n2nc(-c3ccccc3Cl)nc2N1. The number of carbonyl (C=O) groups excluding carboxylic acids is 1. The van der Waals surface area contributed by atoms with Gasteiger partial charge in [0, 0.05) is 11.3 Å². The number of anilines is 1. The summed E-state index contributed by atoms with van der Waals surface area (Å²) < 4.78 is 1.68. The number of rotatable bonds is 3. The van der Waals surface area contributed by atoms with Crippen molar-refractivity contribution < 1.29 is 4.79 Å². The van der Waals surface area contributed by atoms with Gasteiger partial charge in [-0.2, -0.15) is 4.98 Å². The average molecular weight is 366 g/mol. The van der Waals surface area contributed by atoms with Crippen molar-refractivity contribution in [2.75, 3.05) is 5.32 Å². The van der Waals surface area contributed by atoms with Crippen molar-refractivity contribution in [3.8, 4) is 11.4 Å². The summed E-state index contributed by atoms with van der Waals surface area (Å²) in [4.78, 5) is 16.7. The van der Waals surface area contributed by atoms with Gasteiger partial charge in [0.15, 0.2) is 5.82 Å². The second-order valence-electron chi connectivity index (χ2n) is 6.02. The Labute approximate surface area is 155 Å². The number of nitrogens with zero attached hydrogens (tertiary/aromatic N) is 3. The first-order valence-electron chi connectivity index (χ1n) is 8.10. The number of nitrogens with two attached hydrogens (primary N) is 1. The first-order valence-corrected chi connectivity index (χ1v) is 8.48. The number of halogens is 1. The van der Waals surface area contributed by atoms with Crippen LogP contribution in [0, 0.1) is 0 Å². The van der Waals surface area contributed by atoms with E-state index in [1.165, 1.54) is 0 Å². The van der Waals surface area contributed by atoms with Gasteiger partial charge in [0.1, 0.15) is 6.04 Å². The molecule has 0 radical (unpaired) electrons. The molecular weight excluding hydrogens is 350 g/mol. The highest BCUT2D eigenvalue weighted by molar-refractivity contribution is 6.33. The summed E-state index contributed by atoms with van der Waals surface area (Å²) >= 11 is 6.29. The minimum absolute atomic E-state index is 0.450. The zero-order chi connectivity index (χ0) is 18.3. The molecule has 26 heavy (non-hydrogen) atoms. The van der Waals surface area contributed by atoms with E-state index in [0.29, 0.717) is 28.1 Å². The maximum Gasteiger partial charge on any atom is 0.248 e. The number of fused-ring (bicyclic) bond motifs is 1. The second kappa shape index (κ2) is 6.31. The van der Waals surface area contributed by atoms with E-state index in [4.69, 9.17) is 17.3 Å². The molecule has 130 valence electrons. The summed E-state index contributed by atoms with van der Waals surface area (Å²) in [5.74, 6) is 0.526. The summed E-state index contributed by atoms with van der Waals surface area (Å²) in [6.45, 7) is 1.81. The number of nitrogens with one attached hydrogen (secondary N) is 1. The number of carbonyl (C=O) groups is 1. The Kier molecular flexibility index (Phi) is 3.97.